The Morgan fingerprint density at radius 3 is 1.80 bits per heavy atom. The molecule has 0 N–H and O–H groups in total. The lowest BCUT2D eigenvalue weighted by molar-refractivity contribution is 1.28. The van der Waals surface area contributed by atoms with Crippen LogP contribution in [-0.4, -0.2) is 0 Å². The van der Waals surface area contributed by atoms with E-state index in [1.807, 2.05) is 140 Å². The fourth-order valence-corrected chi connectivity index (χ4v) is 6.63. The second-order valence-corrected chi connectivity index (χ2v) is 12.4. The second-order valence-electron chi connectivity index (χ2n) is 12.4. The van der Waals surface area contributed by atoms with Crippen molar-refractivity contribution >= 4 is 38.6 Å². The van der Waals surface area contributed by atoms with E-state index in [1.165, 1.54) is 4.90 Å². The standard InChI is InChI=1S/C50H35N/c1-2-12-36(13-3-1)41-18-8-19-42(32-41)38-28-30-46(31-29-38)51(47-22-9-20-43(34-47)44-27-26-37-14-4-5-16-40(37)33-44)48-23-10-21-45(35-48)50-25-11-17-39-15-6-7-24-49(39)50/h1-35H/i10D,21D,23D,28D,29D,30D,31D,35D. The third-order valence-electron chi connectivity index (χ3n) is 9.18. The molecule has 240 valence electrons. The van der Waals surface area contributed by atoms with Crippen LogP contribution in [0.15, 0.2) is 212 Å². The fourth-order valence-electron chi connectivity index (χ4n) is 6.63. The predicted molar refractivity (Wildman–Crippen MR) is 218 cm³/mol. The van der Waals surface area contributed by atoms with Crippen molar-refractivity contribution in [2.75, 3.05) is 4.90 Å². The summed E-state index contributed by atoms with van der Waals surface area (Å²) in [5, 5.41) is 3.74. The molecule has 0 aliphatic rings. The van der Waals surface area contributed by atoms with Gasteiger partial charge in [-0.05, 0) is 114 Å². The summed E-state index contributed by atoms with van der Waals surface area (Å²) >= 11 is 0. The Hall–Kier alpha value is -6.70. The van der Waals surface area contributed by atoms with Crippen molar-refractivity contribution < 1.29 is 11.0 Å². The van der Waals surface area contributed by atoms with Crippen LogP contribution in [0.5, 0.6) is 0 Å². The van der Waals surface area contributed by atoms with E-state index in [0.29, 0.717) is 16.8 Å². The Kier molecular flexibility index (Phi) is 5.96. The van der Waals surface area contributed by atoms with Crippen molar-refractivity contribution in [2.24, 2.45) is 0 Å². The molecule has 0 aliphatic heterocycles. The number of rotatable bonds is 7. The topological polar surface area (TPSA) is 3.24 Å². The number of hydrogen-bond donors (Lipinski definition) is 0. The molecule has 1 heteroatoms. The summed E-state index contributed by atoms with van der Waals surface area (Å²) < 4.78 is 75.5. The summed E-state index contributed by atoms with van der Waals surface area (Å²) in [5.41, 5.74) is 4.78. The molecule has 1 nitrogen and oxygen atoms in total. The summed E-state index contributed by atoms with van der Waals surface area (Å²) in [7, 11) is 0. The van der Waals surface area contributed by atoms with Gasteiger partial charge in [-0.15, -0.1) is 0 Å². The van der Waals surface area contributed by atoms with Crippen LogP contribution in [0.4, 0.5) is 17.1 Å². The molecule has 0 fully saturated rings. The van der Waals surface area contributed by atoms with Crippen molar-refractivity contribution in [2.45, 2.75) is 0 Å². The molecule has 51 heavy (non-hydrogen) atoms. The summed E-state index contributed by atoms with van der Waals surface area (Å²) in [5.74, 6) is 0. The molecule has 0 bridgehead atoms. The lowest BCUT2D eigenvalue weighted by Crippen LogP contribution is -2.10. The van der Waals surface area contributed by atoms with Gasteiger partial charge in [-0.2, -0.15) is 0 Å². The molecule has 0 saturated heterocycles. The van der Waals surface area contributed by atoms with Gasteiger partial charge in [0.25, 0.3) is 0 Å². The van der Waals surface area contributed by atoms with Gasteiger partial charge in [0.05, 0.1) is 11.0 Å². The molecule has 0 unspecified atom stereocenters. The third kappa shape index (κ3) is 6.07. The molecule has 9 rings (SSSR count). The zero-order valence-corrected chi connectivity index (χ0v) is 27.5. The molecule has 0 amide bonds. The molecule has 0 saturated carbocycles. The first-order valence-electron chi connectivity index (χ1n) is 20.9. The average molecular weight is 658 g/mol. The highest BCUT2D eigenvalue weighted by Crippen LogP contribution is 2.40. The van der Waals surface area contributed by atoms with Crippen LogP contribution in [0.3, 0.4) is 0 Å². The largest absolute Gasteiger partial charge is 0.310 e. The minimum atomic E-state index is -0.448. The molecular formula is C50H35N. The monoisotopic (exact) mass is 657 g/mol. The molecule has 9 aromatic rings. The maximum atomic E-state index is 9.82. The molecule has 0 spiro atoms. The highest BCUT2D eigenvalue weighted by molar-refractivity contribution is 5.97. The first-order chi connectivity index (χ1) is 28.6. The highest BCUT2D eigenvalue weighted by Gasteiger charge is 2.16. The smallest absolute Gasteiger partial charge is 0.0651 e. The molecule has 0 aromatic heterocycles. The predicted octanol–water partition coefficient (Wildman–Crippen LogP) is 14.1. The van der Waals surface area contributed by atoms with Crippen LogP contribution in [0.2, 0.25) is 0 Å². The number of anilines is 3. The van der Waals surface area contributed by atoms with Gasteiger partial charge in [0.1, 0.15) is 0 Å². The van der Waals surface area contributed by atoms with Crippen molar-refractivity contribution in [3.05, 3.63) is 212 Å². The first-order valence-corrected chi connectivity index (χ1v) is 16.9. The molecule has 0 atom stereocenters. The molecule has 0 aliphatic carbocycles. The lowest BCUT2D eigenvalue weighted by Gasteiger charge is -2.27. The van der Waals surface area contributed by atoms with Crippen LogP contribution in [-0.2, 0) is 0 Å². The SMILES string of the molecule is [2H]c1c([2H])c(-c2cccc3ccccc23)c([2H])c(N(c2cccc(-c3ccc4ccccc4c3)c2)c2c([2H])c([2H])c(-c3cccc(-c4ccccc4)c3)c([2H])c2[2H])c1[2H]. The quantitative estimate of drug-likeness (QED) is 0.165. The van der Waals surface area contributed by atoms with Crippen LogP contribution >= 0.6 is 0 Å². The maximum Gasteiger partial charge on any atom is 0.0651 e. The van der Waals surface area contributed by atoms with Gasteiger partial charge in [-0.25, -0.2) is 0 Å². The summed E-state index contributed by atoms with van der Waals surface area (Å²) in [4.78, 5) is 1.41. The van der Waals surface area contributed by atoms with Crippen molar-refractivity contribution in [1.29, 1.82) is 0 Å². The Morgan fingerprint density at radius 2 is 0.961 bits per heavy atom. The van der Waals surface area contributed by atoms with Gasteiger partial charge < -0.3 is 4.90 Å². The lowest BCUT2D eigenvalue weighted by atomic mass is 9.97. The van der Waals surface area contributed by atoms with Crippen LogP contribution in [0.1, 0.15) is 11.0 Å². The summed E-state index contributed by atoms with van der Waals surface area (Å²) in [6.07, 6.45) is 0. The zero-order valence-electron chi connectivity index (χ0n) is 35.5. The van der Waals surface area contributed by atoms with Gasteiger partial charge in [-0.1, -0.05) is 164 Å². The number of hydrogen-bond acceptors (Lipinski definition) is 1. The molecule has 9 aromatic carbocycles. The van der Waals surface area contributed by atoms with E-state index in [2.05, 4.69) is 6.07 Å². The van der Waals surface area contributed by atoms with Gasteiger partial charge in [0.15, 0.2) is 0 Å². The van der Waals surface area contributed by atoms with Crippen LogP contribution < -0.4 is 4.90 Å². The number of benzene rings is 9. The molecule has 0 heterocycles. The molecule has 0 radical (unpaired) electrons. The Balaban J connectivity index is 1.32. The number of nitrogens with zero attached hydrogens (tertiary/aromatic N) is 1. The van der Waals surface area contributed by atoms with E-state index in [4.69, 9.17) is 2.74 Å². The van der Waals surface area contributed by atoms with Gasteiger partial charge in [-0.3, -0.25) is 0 Å². The Bertz CT molecular complexity index is 3070. The van der Waals surface area contributed by atoms with E-state index in [-0.39, 0.29) is 58.8 Å². The normalized spacial score (nSPS) is 13.3. The van der Waals surface area contributed by atoms with E-state index < -0.39 is 12.1 Å². The van der Waals surface area contributed by atoms with E-state index >= 15 is 0 Å². The van der Waals surface area contributed by atoms with Gasteiger partial charge >= 0.3 is 0 Å². The molecular weight excluding hydrogens is 615 g/mol. The van der Waals surface area contributed by atoms with E-state index in [9.17, 15) is 8.22 Å². The second kappa shape index (κ2) is 13.3. The van der Waals surface area contributed by atoms with Gasteiger partial charge in [0.2, 0.25) is 0 Å². The van der Waals surface area contributed by atoms with Crippen LogP contribution in [0.25, 0.3) is 66.1 Å². The van der Waals surface area contributed by atoms with E-state index in [1.54, 1.807) is 18.2 Å². The van der Waals surface area contributed by atoms with Gasteiger partial charge in [0, 0.05) is 17.1 Å². The minimum Gasteiger partial charge on any atom is -0.310 e. The first kappa shape index (κ1) is 22.8. The highest BCUT2D eigenvalue weighted by atomic mass is 15.1. The fraction of sp³-hybridized carbons (Fsp3) is 0. The Morgan fingerprint density at radius 1 is 0.333 bits per heavy atom. The van der Waals surface area contributed by atoms with Crippen molar-refractivity contribution in [1.82, 2.24) is 0 Å². The van der Waals surface area contributed by atoms with E-state index in [0.717, 1.165) is 43.8 Å². The zero-order chi connectivity index (χ0) is 40.9. The minimum absolute atomic E-state index is 0.114. The van der Waals surface area contributed by atoms with Crippen LogP contribution in [0, 0.1) is 0 Å². The number of fused-ring (bicyclic) bond motifs is 2. The Labute approximate surface area is 310 Å². The average Bonchev–Trinajstić information content (AvgIpc) is 3.27. The maximum absolute atomic E-state index is 9.82. The van der Waals surface area contributed by atoms with Crippen molar-refractivity contribution in [3.63, 3.8) is 0 Å². The van der Waals surface area contributed by atoms with Crippen molar-refractivity contribution in [3.8, 4) is 44.5 Å². The summed E-state index contributed by atoms with van der Waals surface area (Å²) in [6, 6.07) is 48.9. The summed E-state index contributed by atoms with van der Waals surface area (Å²) in [6.45, 7) is 0. The third-order valence-corrected chi connectivity index (χ3v) is 9.18.